The van der Waals surface area contributed by atoms with Gasteiger partial charge in [-0.25, -0.2) is 4.99 Å². The minimum absolute atomic E-state index is 0.0740. The van der Waals surface area contributed by atoms with Gasteiger partial charge in [0.25, 0.3) is 5.56 Å². The molecule has 144 valence electrons. The maximum atomic E-state index is 12.9. The third-order valence-corrected chi connectivity index (χ3v) is 6.62. The number of hydrogen-bond acceptors (Lipinski definition) is 5. The summed E-state index contributed by atoms with van der Waals surface area (Å²) in [5.74, 6) is 1.27. The van der Waals surface area contributed by atoms with Crippen LogP contribution >= 0.6 is 11.8 Å². The highest BCUT2D eigenvalue weighted by molar-refractivity contribution is 8.14. The summed E-state index contributed by atoms with van der Waals surface area (Å²) in [5, 5.41) is 13.7. The molecule has 1 fully saturated rings. The van der Waals surface area contributed by atoms with Crippen molar-refractivity contribution in [2.24, 2.45) is 4.99 Å². The first kappa shape index (κ1) is 18.2. The fraction of sp³-hybridized carbons (Fsp3) is 0.500. The molecule has 6 nitrogen and oxygen atoms in total. The van der Waals surface area contributed by atoms with Crippen LogP contribution in [0.25, 0.3) is 0 Å². The number of hydrogen-bond donors (Lipinski definition) is 2. The molecule has 2 N–H and O–H groups in total. The van der Waals surface area contributed by atoms with E-state index in [1.165, 1.54) is 32.8 Å². The van der Waals surface area contributed by atoms with Crippen molar-refractivity contribution in [2.75, 3.05) is 7.11 Å². The number of ether oxygens (including phenoxy) is 1. The minimum atomic E-state index is -0.164. The summed E-state index contributed by atoms with van der Waals surface area (Å²) in [5.41, 5.74) is 1.55. The van der Waals surface area contributed by atoms with Gasteiger partial charge in [0, 0.05) is 0 Å². The predicted molar refractivity (Wildman–Crippen MR) is 109 cm³/mol. The topological polar surface area (TPSA) is 79.6 Å². The number of thioether (sulfide) groups is 1. The van der Waals surface area contributed by atoms with E-state index in [0.29, 0.717) is 17.4 Å². The molecule has 2 aliphatic rings. The summed E-state index contributed by atoms with van der Waals surface area (Å²) in [4.78, 5) is 17.6. The lowest BCUT2D eigenvalue weighted by molar-refractivity contribution is 0.373. The Morgan fingerprint density at radius 2 is 2.00 bits per heavy atom. The first-order valence-corrected chi connectivity index (χ1v) is 10.4. The lowest BCUT2D eigenvalue weighted by atomic mass is 10.0. The Morgan fingerprint density at radius 1 is 1.26 bits per heavy atom. The summed E-state index contributed by atoms with van der Waals surface area (Å²) < 4.78 is 7.27. The number of aromatic nitrogens is 2. The van der Waals surface area contributed by atoms with Crippen molar-refractivity contribution in [3.63, 3.8) is 0 Å². The van der Waals surface area contributed by atoms with E-state index in [-0.39, 0.29) is 16.6 Å². The third-order valence-electron chi connectivity index (χ3n) is 5.45. The van der Waals surface area contributed by atoms with Gasteiger partial charge < -0.3 is 9.84 Å². The number of phenols is 1. The Bertz CT molecular complexity index is 923. The molecule has 0 radical (unpaired) electrons. The van der Waals surface area contributed by atoms with Crippen LogP contribution in [0, 0.1) is 0 Å². The normalized spacial score (nSPS) is 20.7. The summed E-state index contributed by atoms with van der Waals surface area (Å²) >= 11 is 1.56. The van der Waals surface area contributed by atoms with Crippen molar-refractivity contribution in [3.8, 4) is 11.5 Å². The molecule has 1 atom stereocenters. The van der Waals surface area contributed by atoms with E-state index in [2.05, 4.69) is 5.10 Å². The molecule has 2 aromatic rings. The Morgan fingerprint density at radius 3 is 2.70 bits per heavy atom. The molecule has 0 unspecified atom stereocenters. The van der Waals surface area contributed by atoms with E-state index in [1.807, 2.05) is 17.7 Å². The number of aliphatic imine (C=N–C) groups is 1. The van der Waals surface area contributed by atoms with Crippen LogP contribution in [0.3, 0.4) is 0 Å². The first-order chi connectivity index (χ1) is 13.1. The lowest BCUT2D eigenvalue weighted by Crippen LogP contribution is -2.14. The maximum Gasteiger partial charge on any atom is 0.271 e. The number of benzene rings is 1. The minimum Gasteiger partial charge on any atom is -0.504 e. The van der Waals surface area contributed by atoms with Crippen LogP contribution in [0.1, 0.15) is 67.9 Å². The number of H-pyrrole nitrogens is 1. The number of aromatic hydroxyl groups is 1. The van der Waals surface area contributed by atoms with Crippen molar-refractivity contribution in [3.05, 3.63) is 39.7 Å². The molecule has 0 saturated heterocycles. The Hall–Kier alpha value is -2.15. The number of fused-ring (bicyclic) bond motifs is 1. The zero-order chi connectivity index (χ0) is 19.0. The van der Waals surface area contributed by atoms with Crippen LogP contribution in [0.4, 0.5) is 5.82 Å². The average Bonchev–Trinajstić information content (AvgIpc) is 2.84. The van der Waals surface area contributed by atoms with Crippen molar-refractivity contribution in [1.82, 2.24) is 9.78 Å². The van der Waals surface area contributed by atoms with Gasteiger partial charge in [-0.15, -0.1) is 0 Å². The highest BCUT2D eigenvalue weighted by Gasteiger charge is 2.32. The van der Waals surface area contributed by atoms with E-state index < -0.39 is 0 Å². The third kappa shape index (κ3) is 3.40. The average molecular weight is 388 g/mol. The van der Waals surface area contributed by atoms with Gasteiger partial charge in [0.1, 0.15) is 0 Å². The van der Waals surface area contributed by atoms with Crippen molar-refractivity contribution < 1.29 is 9.84 Å². The molecule has 1 aliphatic heterocycles. The quantitative estimate of drug-likeness (QED) is 0.750. The number of rotatable bonds is 3. The van der Waals surface area contributed by atoms with Gasteiger partial charge in [0.15, 0.2) is 17.3 Å². The van der Waals surface area contributed by atoms with E-state index in [9.17, 15) is 9.90 Å². The van der Waals surface area contributed by atoms with Crippen LogP contribution in [-0.2, 0) is 0 Å². The summed E-state index contributed by atoms with van der Waals surface area (Å²) in [7, 11) is 1.53. The molecule has 0 bridgehead atoms. The summed E-state index contributed by atoms with van der Waals surface area (Å²) in [6.45, 7) is 1.98. The van der Waals surface area contributed by atoms with E-state index >= 15 is 0 Å². The molecule has 4 rings (SSSR count). The van der Waals surface area contributed by atoms with E-state index in [4.69, 9.17) is 9.73 Å². The molecule has 1 aliphatic carbocycles. The molecule has 1 aromatic carbocycles. The van der Waals surface area contributed by atoms with Crippen molar-refractivity contribution in [2.45, 2.75) is 56.7 Å². The van der Waals surface area contributed by atoms with Gasteiger partial charge in [0.05, 0.1) is 29.0 Å². The standard InChI is InChI=1S/C20H25N3O3S/c1-12-21-19-17(18(27-12)13-9-10-15(24)16(11-13)26-2)20(25)22-23(19)14-7-5-3-4-6-8-14/h9-11,14,18,24H,3-8H2,1-2H3,(H,22,25)/t18-/m1/s1. The highest BCUT2D eigenvalue weighted by atomic mass is 32.2. The molecule has 7 heteroatoms. The second kappa shape index (κ2) is 7.46. The Kier molecular flexibility index (Phi) is 5.04. The number of nitrogens with one attached hydrogen (secondary N) is 1. The zero-order valence-electron chi connectivity index (χ0n) is 15.7. The number of nitrogens with zero attached hydrogens (tertiary/aromatic N) is 2. The van der Waals surface area contributed by atoms with Gasteiger partial charge in [-0.1, -0.05) is 43.5 Å². The van der Waals surface area contributed by atoms with Crippen LogP contribution in [0.5, 0.6) is 11.5 Å². The molecule has 0 amide bonds. The first-order valence-electron chi connectivity index (χ1n) is 9.51. The number of methoxy groups -OCH3 is 1. The molecule has 1 aromatic heterocycles. The lowest BCUT2D eigenvalue weighted by Gasteiger charge is -2.23. The van der Waals surface area contributed by atoms with Crippen LogP contribution < -0.4 is 10.3 Å². The zero-order valence-corrected chi connectivity index (χ0v) is 16.5. The molecular formula is C20H25N3O3S. The van der Waals surface area contributed by atoms with Gasteiger partial charge >= 0.3 is 0 Å². The largest absolute Gasteiger partial charge is 0.504 e. The monoisotopic (exact) mass is 387 g/mol. The van der Waals surface area contributed by atoms with Crippen LogP contribution in [-0.4, -0.2) is 27.0 Å². The molecule has 27 heavy (non-hydrogen) atoms. The van der Waals surface area contributed by atoms with Gasteiger partial charge in [0.2, 0.25) is 0 Å². The highest BCUT2D eigenvalue weighted by Crippen LogP contribution is 2.46. The summed E-state index contributed by atoms with van der Waals surface area (Å²) in [6, 6.07) is 5.57. The van der Waals surface area contributed by atoms with Crippen molar-refractivity contribution in [1.29, 1.82) is 0 Å². The SMILES string of the molecule is COc1cc([C@H]2SC(C)=Nc3c2c(=O)[nH]n3C2CCCCCC2)ccc1O. The van der Waals surface area contributed by atoms with E-state index in [1.54, 1.807) is 23.9 Å². The molecule has 0 spiro atoms. The maximum absolute atomic E-state index is 12.9. The number of aromatic amines is 1. The second-order valence-corrected chi connectivity index (χ2v) is 8.55. The fourth-order valence-corrected chi connectivity index (χ4v) is 5.17. The van der Waals surface area contributed by atoms with Crippen LogP contribution in [0.15, 0.2) is 28.0 Å². The smallest absolute Gasteiger partial charge is 0.271 e. The van der Waals surface area contributed by atoms with Crippen molar-refractivity contribution >= 4 is 22.6 Å². The second-order valence-electron chi connectivity index (χ2n) is 7.25. The molecule has 2 heterocycles. The molecule has 1 saturated carbocycles. The van der Waals surface area contributed by atoms with Gasteiger partial charge in [-0.2, -0.15) is 0 Å². The number of phenolic OH excluding ortho intramolecular Hbond substituents is 1. The molecular weight excluding hydrogens is 362 g/mol. The van der Waals surface area contributed by atoms with Crippen LogP contribution in [0.2, 0.25) is 0 Å². The Balaban J connectivity index is 1.79. The Labute approximate surface area is 162 Å². The summed E-state index contributed by atoms with van der Waals surface area (Å²) in [6.07, 6.45) is 7.06. The predicted octanol–water partition coefficient (Wildman–Crippen LogP) is 4.67. The van der Waals surface area contributed by atoms with Gasteiger partial charge in [-0.05, 0) is 37.5 Å². The van der Waals surface area contributed by atoms with E-state index in [0.717, 1.165) is 29.3 Å². The van der Waals surface area contributed by atoms with Gasteiger partial charge in [-0.3, -0.25) is 14.6 Å². The fourth-order valence-electron chi connectivity index (χ4n) is 4.08.